The van der Waals surface area contributed by atoms with E-state index in [2.05, 4.69) is 0 Å². The van der Waals surface area contributed by atoms with E-state index < -0.39 is 0 Å². The molecule has 2 aromatic carbocycles. The molecule has 1 heterocycles. The highest BCUT2D eigenvalue weighted by Crippen LogP contribution is 2.32. The smallest absolute Gasteiger partial charge is 0.266 e. The van der Waals surface area contributed by atoms with Crippen LogP contribution in [0.3, 0.4) is 0 Å². The summed E-state index contributed by atoms with van der Waals surface area (Å²) < 4.78 is 0.554. The quantitative estimate of drug-likeness (QED) is 0.480. The molecule has 0 radical (unpaired) electrons. The van der Waals surface area contributed by atoms with Crippen molar-refractivity contribution in [2.24, 2.45) is 0 Å². The van der Waals surface area contributed by atoms with Crippen molar-refractivity contribution >= 4 is 46.2 Å². The van der Waals surface area contributed by atoms with Crippen molar-refractivity contribution in [2.75, 3.05) is 13.6 Å². The topological polar surface area (TPSA) is 40.6 Å². The van der Waals surface area contributed by atoms with E-state index in [1.54, 1.807) is 16.8 Å². The number of hydrogen-bond acceptors (Lipinski definition) is 4. The van der Waals surface area contributed by atoms with E-state index in [4.69, 9.17) is 12.2 Å². The molecule has 0 unspecified atom stereocenters. The van der Waals surface area contributed by atoms with Crippen molar-refractivity contribution in [1.82, 2.24) is 9.80 Å². The summed E-state index contributed by atoms with van der Waals surface area (Å²) >= 11 is 6.70. The molecule has 0 N–H and O–H groups in total. The van der Waals surface area contributed by atoms with Crippen LogP contribution in [0.2, 0.25) is 0 Å². The van der Waals surface area contributed by atoms with Gasteiger partial charge < -0.3 is 4.90 Å². The second-order valence-electron chi connectivity index (χ2n) is 7.08. The number of amides is 2. The Morgan fingerprint density at radius 2 is 1.83 bits per heavy atom. The van der Waals surface area contributed by atoms with Crippen molar-refractivity contribution in [2.45, 2.75) is 26.3 Å². The molecule has 2 aromatic rings. The monoisotopic (exact) mass is 424 g/mol. The summed E-state index contributed by atoms with van der Waals surface area (Å²) in [7, 11) is 1.80. The van der Waals surface area contributed by atoms with E-state index in [0.717, 1.165) is 11.1 Å². The molecule has 29 heavy (non-hydrogen) atoms. The van der Waals surface area contributed by atoms with Gasteiger partial charge in [-0.05, 0) is 30.5 Å². The van der Waals surface area contributed by atoms with Crippen LogP contribution in [0.15, 0.2) is 59.5 Å². The SMILES string of the molecule is Cc1ccc(C=C2SC(=S)N(CCCC(=O)N(C)Cc3ccccc3)C2=O)cc1. The van der Waals surface area contributed by atoms with Gasteiger partial charge in [-0.25, -0.2) is 0 Å². The highest BCUT2D eigenvalue weighted by molar-refractivity contribution is 8.26. The summed E-state index contributed by atoms with van der Waals surface area (Å²) in [5.41, 5.74) is 3.26. The lowest BCUT2D eigenvalue weighted by Crippen LogP contribution is -2.31. The van der Waals surface area contributed by atoms with Crippen LogP contribution in [0.4, 0.5) is 0 Å². The van der Waals surface area contributed by atoms with E-state index in [-0.39, 0.29) is 11.8 Å². The Labute approximate surface area is 181 Å². The fourth-order valence-electron chi connectivity index (χ4n) is 3.03. The van der Waals surface area contributed by atoms with Gasteiger partial charge in [0.05, 0.1) is 4.91 Å². The standard InChI is InChI=1S/C23H24N2O2S2/c1-17-10-12-18(13-11-17)15-20-22(27)25(23(28)29-20)14-6-9-21(26)24(2)16-19-7-4-3-5-8-19/h3-5,7-8,10-13,15H,6,9,14,16H2,1-2H3. The third-order valence-corrected chi connectivity index (χ3v) is 6.09. The van der Waals surface area contributed by atoms with Crippen molar-refractivity contribution < 1.29 is 9.59 Å². The molecular weight excluding hydrogens is 400 g/mol. The molecule has 0 atom stereocenters. The van der Waals surface area contributed by atoms with Crippen molar-refractivity contribution in [1.29, 1.82) is 0 Å². The number of thioether (sulfide) groups is 1. The summed E-state index contributed by atoms with van der Waals surface area (Å²) in [6, 6.07) is 17.9. The largest absolute Gasteiger partial charge is 0.341 e. The van der Waals surface area contributed by atoms with Crippen molar-refractivity contribution in [3.8, 4) is 0 Å². The molecule has 6 heteroatoms. The maximum Gasteiger partial charge on any atom is 0.266 e. The number of thiocarbonyl (C=S) groups is 1. The first-order valence-corrected chi connectivity index (χ1v) is 10.8. The zero-order valence-electron chi connectivity index (χ0n) is 16.6. The van der Waals surface area contributed by atoms with Crippen LogP contribution in [-0.2, 0) is 16.1 Å². The van der Waals surface area contributed by atoms with Gasteiger partial charge in [0.25, 0.3) is 5.91 Å². The molecule has 150 valence electrons. The number of rotatable bonds is 7. The molecule has 0 aromatic heterocycles. The van der Waals surface area contributed by atoms with Gasteiger partial charge in [0.1, 0.15) is 4.32 Å². The van der Waals surface area contributed by atoms with Crippen LogP contribution < -0.4 is 0 Å². The first-order valence-electron chi connectivity index (χ1n) is 9.54. The molecule has 1 saturated heterocycles. The molecule has 1 aliphatic heterocycles. The highest BCUT2D eigenvalue weighted by Gasteiger charge is 2.31. The van der Waals surface area contributed by atoms with Gasteiger partial charge in [-0.3, -0.25) is 14.5 Å². The predicted octanol–water partition coefficient (Wildman–Crippen LogP) is 4.64. The fraction of sp³-hybridized carbons (Fsp3) is 0.261. The number of hydrogen-bond donors (Lipinski definition) is 0. The highest BCUT2D eigenvalue weighted by atomic mass is 32.2. The Morgan fingerprint density at radius 1 is 1.14 bits per heavy atom. The Morgan fingerprint density at radius 3 is 2.52 bits per heavy atom. The Hall–Kier alpha value is -2.44. The van der Waals surface area contributed by atoms with Gasteiger partial charge in [0.2, 0.25) is 5.91 Å². The minimum atomic E-state index is -0.0781. The van der Waals surface area contributed by atoms with Gasteiger partial charge in [0, 0.05) is 26.6 Å². The summed E-state index contributed by atoms with van der Waals surface area (Å²) in [5, 5.41) is 0. The van der Waals surface area contributed by atoms with Crippen LogP contribution in [0.1, 0.15) is 29.5 Å². The van der Waals surface area contributed by atoms with Crippen LogP contribution in [-0.4, -0.2) is 39.5 Å². The number of aryl methyl sites for hydroxylation is 1. The average Bonchev–Trinajstić information content (AvgIpc) is 2.97. The van der Waals surface area contributed by atoms with E-state index >= 15 is 0 Å². The molecule has 0 saturated carbocycles. The van der Waals surface area contributed by atoms with Crippen molar-refractivity contribution in [3.05, 3.63) is 76.2 Å². The van der Waals surface area contributed by atoms with E-state index in [1.807, 2.05) is 67.6 Å². The predicted molar refractivity (Wildman–Crippen MR) is 123 cm³/mol. The van der Waals surface area contributed by atoms with Gasteiger partial charge >= 0.3 is 0 Å². The van der Waals surface area contributed by atoms with Gasteiger partial charge in [0.15, 0.2) is 0 Å². The first kappa shape index (κ1) is 21.3. The Kier molecular flexibility index (Phi) is 7.23. The lowest BCUT2D eigenvalue weighted by atomic mass is 10.1. The van der Waals surface area contributed by atoms with Crippen molar-refractivity contribution in [3.63, 3.8) is 0 Å². The zero-order chi connectivity index (χ0) is 20.8. The number of carbonyl (C=O) groups excluding carboxylic acids is 2. The van der Waals surface area contributed by atoms with E-state index in [0.29, 0.717) is 35.2 Å². The average molecular weight is 425 g/mol. The number of nitrogens with zero attached hydrogens (tertiary/aromatic N) is 2. The maximum absolute atomic E-state index is 12.7. The number of benzene rings is 2. The Bertz CT molecular complexity index is 924. The van der Waals surface area contributed by atoms with Crippen LogP contribution in [0.25, 0.3) is 6.08 Å². The normalized spacial score (nSPS) is 15.2. The zero-order valence-corrected chi connectivity index (χ0v) is 18.3. The van der Waals surface area contributed by atoms with Gasteiger partial charge in [-0.2, -0.15) is 0 Å². The van der Waals surface area contributed by atoms with Crippen LogP contribution >= 0.6 is 24.0 Å². The molecule has 2 amide bonds. The molecule has 0 spiro atoms. The van der Waals surface area contributed by atoms with E-state index in [9.17, 15) is 9.59 Å². The summed E-state index contributed by atoms with van der Waals surface area (Å²) in [4.78, 5) is 29.0. The van der Waals surface area contributed by atoms with Crippen LogP contribution in [0, 0.1) is 6.92 Å². The molecular formula is C23H24N2O2S2. The minimum absolute atomic E-state index is 0.0643. The third-order valence-electron chi connectivity index (χ3n) is 4.71. The molecule has 3 rings (SSSR count). The molecule has 0 aliphatic carbocycles. The third kappa shape index (κ3) is 5.78. The summed E-state index contributed by atoms with van der Waals surface area (Å²) in [6.07, 6.45) is 2.84. The second kappa shape index (κ2) is 9.85. The fourth-order valence-corrected chi connectivity index (χ4v) is 4.34. The van der Waals surface area contributed by atoms with Gasteiger partial charge in [-0.15, -0.1) is 0 Å². The summed E-state index contributed by atoms with van der Waals surface area (Å²) in [5.74, 6) is -0.0137. The maximum atomic E-state index is 12.7. The molecule has 1 aliphatic rings. The Balaban J connectivity index is 1.51. The van der Waals surface area contributed by atoms with E-state index in [1.165, 1.54) is 17.3 Å². The lowest BCUT2D eigenvalue weighted by molar-refractivity contribution is -0.131. The molecule has 1 fully saturated rings. The minimum Gasteiger partial charge on any atom is -0.341 e. The molecule has 0 bridgehead atoms. The lowest BCUT2D eigenvalue weighted by Gasteiger charge is -2.19. The van der Waals surface area contributed by atoms with Crippen LogP contribution in [0.5, 0.6) is 0 Å². The molecule has 4 nitrogen and oxygen atoms in total. The second-order valence-corrected chi connectivity index (χ2v) is 8.76. The first-order chi connectivity index (χ1) is 13.9. The van der Waals surface area contributed by atoms with Gasteiger partial charge in [-0.1, -0.05) is 84.1 Å². The summed E-state index contributed by atoms with van der Waals surface area (Å²) in [6.45, 7) is 3.07. The number of carbonyl (C=O) groups is 2.